The first-order chi connectivity index (χ1) is 35.5. The number of phenols is 2. The summed E-state index contributed by atoms with van der Waals surface area (Å²) in [6.07, 6.45) is 0. The topological polar surface area (TPSA) is 124 Å². The number of rotatable bonds is 5. The SMILES string of the molecule is O=S(=O)(Oc1ccc2cc(-c3ccc4ccccc4c3)ccc2c1)C(F)(F)F.OB(O)c1ccc2ccccc2c1.Oc1ccc2cc(-c3ccc4ccccc4c3)ccc2c1.Oc1ccc2cc(Br)ccc2c1. The van der Waals surface area contributed by atoms with Gasteiger partial charge in [-0.1, -0.05) is 180 Å². The van der Waals surface area contributed by atoms with Crippen molar-refractivity contribution in [2.75, 3.05) is 0 Å². The molecule has 0 saturated heterocycles. The van der Waals surface area contributed by atoms with Crippen LogP contribution in [-0.2, 0) is 10.1 Å². The second-order valence-corrected chi connectivity index (χ2v) is 19.7. The third-order valence-corrected chi connectivity index (χ3v) is 13.6. The molecule has 7 nitrogen and oxygen atoms in total. The van der Waals surface area contributed by atoms with Crippen molar-refractivity contribution in [3.63, 3.8) is 0 Å². The number of halogens is 4. The van der Waals surface area contributed by atoms with Crippen LogP contribution < -0.4 is 9.65 Å². The Bertz CT molecular complexity index is 4070. The lowest BCUT2D eigenvalue weighted by Crippen LogP contribution is -2.29. The van der Waals surface area contributed by atoms with Crippen LogP contribution >= 0.6 is 15.9 Å². The molecule has 0 amide bonds. The van der Waals surface area contributed by atoms with Gasteiger partial charge in [0.15, 0.2) is 0 Å². The van der Waals surface area contributed by atoms with Crippen molar-refractivity contribution in [3.8, 4) is 39.5 Å². The predicted molar refractivity (Wildman–Crippen MR) is 298 cm³/mol. The van der Waals surface area contributed by atoms with Crippen molar-refractivity contribution in [2.45, 2.75) is 5.51 Å². The molecule has 0 saturated carbocycles. The Balaban J connectivity index is 0.000000128. The number of alkyl halides is 3. The second-order valence-electron chi connectivity index (χ2n) is 17.2. The van der Waals surface area contributed by atoms with Crippen molar-refractivity contribution in [2.24, 2.45) is 0 Å². The zero-order valence-electron chi connectivity index (χ0n) is 39.0. The third kappa shape index (κ3) is 12.2. The van der Waals surface area contributed by atoms with Crippen molar-refractivity contribution in [1.29, 1.82) is 0 Å². The summed E-state index contributed by atoms with van der Waals surface area (Å²) in [6.45, 7) is 0. The van der Waals surface area contributed by atoms with E-state index in [2.05, 4.69) is 86.8 Å². The highest BCUT2D eigenvalue weighted by Crippen LogP contribution is 2.33. The second kappa shape index (κ2) is 21.9. The first-order valence-corrected chi connectivity index (χ1v) is 25.2. The van der Waals surface area contributed by atoms with E-state index in [9.17, 15) is 31.8 Å². The first kappa shape index (κ1) is 50.7. The molecule has 0 unspecified atom stereocenters. The van der Waals surface area contributed by atoms with Crippen molar-refractivity contribution >= 4 is 103 Å². The normalized spacial score (nSPS) is 11.3. The molecule has 12 aromatic rings. The number of hydrogen-bond acceptors (Lipinski definition) is 7. The summed E-state index contributed by atoms with van der Waals surface area (Å²) in [6, 6.07) is 74.7. The number of phenolic OH excluding ortho intramolecular Hbond substituents is 2. The fourth-order valence-electron chi connectivity index (χ4n) is 8.35. The summed E-state index contributed by atoms with van der Waals surface area (Å²) in [5.41, 5.74) is -0.598. The largest absolute Gasteiger partial charge is 0.534 e. The Morgan fingerprint density at radius 3 is 1.15 bits per heavy atom. The van der Waals surface area contributed by atoms with E-state index in [1.165, 1.54) is 40.1 Å². The molecule has 74 heavy (non-hydrogen) atoms. The number of hydrogen-bond donors (Lipinski definition) is 4. The lowest BCUT2D eigenvalue weighted by atomic mass is 9.79. The monoisotopic (exact) mass is 1070 g/mol. The van der Waals surface area contributed by atoms with Gasteiger partial charge in [-0.25, -0.2) is 0 Å². The Morgan fingerprint density at radius 1 is 0.378 bits per heavy atom. The van der Waals surface area contributed by atoms with Crippen LogP contribution in [0.25, 0.3) is 86.9 Å². The van der Waals surface area contributed by atoms with Crippen LogP contribution in [0.15, 0.2) is 241 Å². The maximum absolute atomic E-state index is 12.5. The number of fused-ring (bicyclic) bond motifs is 6. The minimum absolute atomic E-state index is 0.306. The highest BCUT2D eigenvalue weighted by Gasteiger charge is 2.48. The maximum Gasteiger partial charge on any atom is 0.534 e. The first-order valence-electron chi connectivity index (χ1n) is 23.0. The van der Waals surface area contributed by atoms with Crippen LogP contribution in [0, 0.1) is 0 Å². The van der Waals surface area contributed by atoms with Crippen LogP contribution in [0.4, 0.5) is 13.2 Å². The van der Waals surface area contributed by atoms with Crippen molar-refractivity contribution in [1.82, 2.24) is 0 Å². The number of benzene rings is 12. The van der Waals surface area contributed by atoms with Gasteiger partial charge in [0, 0.05) is 4.47 Å². The molecule has 0 atom stereocenters. The zero-order chi connectivity index (χ0) is 52.0. The van der Waals surface area contributed by atoms with Crippen LogP contribution in [0.2, 0.25) is 0 Å². The van der Waals surface area contributed by atoms with E-state index in [1.807, 2.05) is 109 Å². The highest BCUT2D eigenvalue weighted by molar-refractivity contribution is 9.10. The molecule has 0 spiro atoms. The van der Waals surface area contributed by atoms with Gasteiger partial charge in [0.1, 0.15) is 17.2 Å². The van der Waals surface area contributed by atoms with Gasteiger partial charge in [0.25, 0.3) is 0 Å². The van der Waals surface area contributed by atoms with Crippen LogP contribution in [-0.4, -0.2) is 41.3 Å². The lowest BCUT2D eigenvalue weighted by molar-refractivity contribution is -0.0500. The summed E-state index contributed by atoms with van der Waals surface area (Å²) in [7, 11) is -7.08. The highest BCUT2D eigenvalue weighted by atomic mass is 79.9. The molecule has 13 heteroatoms. The molecule has 366 valence electrons. The summed E-state index contributed by atoms with van der Waals surface area (Å²) < 4.78 is 65.0. The van der Waals surface area contributed by atoms with E-state index in [0.29, 0.717) is 22.3 Å². The number of aromatic hydroxyl groups is 2. The summed E-state index contributed by atoms with van der Waals surface area (Å²) in [5, 5.41) is 49.2. The molecule has 0 aliphatic rings. The van der Waals surface area contributed by atoms with Crippen LogP contribution in [0.5, 0.6) is 17.2 Å². The van der Waals surface area contributed by atoms with Crippen LogP contribution in [0.3, 0.4) is 0 Å². The molecular formula is C61H43BBrF3O7S. The minimum atomic E-state index is -5.69. The third-order valence-electron chi connectivity index (χ3n) is 12.1. The molecular weight excluding hydrogens is 1020 g/mol. The summed E-state index contributed by atoms with van der Waals surface area (Å²) in [5.74, 6) is 0.231. The lowest BCUT2D eigenvalue weighted by Gasteiger charge is -2.10. The molecule has 4 N–H and O–H groups in total. The Hall–Kier alpha value is -8.20. The minimum Gasteiger partial charge on any atom is -0.508 e. The summed E-state index contributed by atoms with van der Waals surface area (Å²) >= 11 is 3.39. The van der Waals surface area contributed by atoms with E-state index in [4.69, 9.17) is 10.0 Å². The summed E-state index contributed by atoms with van der Waals surface area (Å²) in [4.78, 5) is 0. The van der Waals surface area contributed by atoms with E-state index in [1.54, 1.807) is 42.5 Å². The fourth-order valence-corrected chi connectivity index (χ4v) is 9.18. The van der Waals surface area contributed by atoms with Gasteiger partial charge in [0.2, 0.25) is 0 Å². The Labute approximate surface area is 433 Å². The molecule has 0 aliphatic heterocycles. The van der Waals surface area contributed by atoms with Gasteiger partial charge >= 0.3 is 22.7 Å². The van der Waals surface area contributed by atoms with Gasteiger partial charge in [-0.2, -0.15) is 21.6 Å². The fraction of sp³-hybridized carbons (Fsp3) is 0.0164. The average molecular weight is 1070 g/mol. The van der Waals surface area contributed by atoms with E-state index in [0.717, 1.165) is 64.1 Å². The van der Waals surface area contributed by atoms with Gasteiger partial charge in [0.05, 0.1) is 0 Å². The van der Waals surface area contributed by atoms with E-state index < -0.39 is 22.7 Å². The van der Waals surface area contributed by atoms with Crippen molar-refractivity contribution in [3.05, 3.63) is 241 Å². The van der Waals surface area contributed by atoms with Gasteiger partial charge < -0.3 is 24.4 Å². The Kier molecular flexibility index (Phi) is 15.0. The molecule has 0 radical (unpaired) electrons. The molecule has 12 aromatic carbocycles. The zero-order valence-corrected chi connectivity index (χ0v) is 41.4. The smallest absolute Gasteiger partial charge is 0.508 e. The van der Waals surface area contributed by atoms with Crippen LogP contribution in [0.1, 0.15) is 0 Å². The van der Waals surface area contributed by atoms with Crippen molar-refractivity contribution < 1.29 is 46.0 Å². The predicted octanol–water partition coefficient (Wildman–Crippen LogP) is 15.1. The molecule has 0 bridgehead atoms. The molecule has 12 rings (SSSR count). The molecule has 0 fully saturated rings. The molecule has 0 heterocycles. The maximum atomic E-state index is 12.5. The van der Waals surface area contributed by atoms with E-state index >= 15 is 0 Å². The van der Waals surface area contributed by atoms with Gasteiger partial charge in [-0.15, -0.1) is 0 Å². The quantitative estimate of drug-likeness (QED) is 0.0769. The Morgan fingerprint density at radius 2 is 0.703 bits per heavy atom. The van der Waals surface area contributed by atoms with Gasteiger partial charge in [-0.05, 0) is 165 Å². The van der Waals surface area contributed by atoms with Gasteiger partial charge in [-0.3, -0.25) is 0 Å². The standard InChI is InChI=1S/C21H13F3O3S.C20H14O.C10H9BO2.C10H7BrO/c22-21(23,24)28(25,26)27-20-10-9-18-12-17(7-8-19(18)13-20)16-6-5-14-3-1-2-4-15(14)11-16;21-20-10-9-18-12-17(7-8-19(18)13-20)16-6-5-14-3-1-2-4-15(14)11-16;12-11(13)10-6-5-8-3-1-2-4-9(8)7-10;11-9-3-1-8-6-10(12)4-2-7(8)5-9/h1-13H;1-13,21H;1-7,12-13H;1-6,12H. The molecule has 0 aromatic heterocycles. The average Bonchev–Trinajstić information content (AvgIpc) is 3.40. The van der Waals surface area contributed by atoms with E-state index in [-0.39, 0.29) is 5.75 Å². The molecule has 0 aliphatic carbocycles.